The van der Waals surface area contributed by atoms with E-state index < -0.39 is 0 Å². The Morgan fingerprint density at radius 1 is 0.541 bits per heavy atom. The lowest BCUT2D eigenvalue weighted by Crippen LogP contribution is -2.15. The van der Waals surface area contributed by atoms with Crippen molar-refractivity contribution >= 4 is 39.1 Å². The van der Waals surface area contributed by atoms with Gasteiger partial charge in [0, 0.05) is 40.4 Å². The van der Waals surface area contributed by atoms with Crippen LogP contribution in [0.2, 0.25) is 0 Å². The molecule has 0 radical (unpaired) electrons. The van der Waals surface area contributed by atoms with E-state index in [1.165, 1.54) is 44.5 Å². The van der Waals surface area contributed by atoms with Crippen molar-refractivity contribution in [2.45, 2.75) is 26.2 Å². The first kappa shape index (κ1) is 41.6. The Hall–Kier alpha value is -7.56. The summed E-state index contributed by atoms with van der Waals surface area (Å²) < 4.78 is 0. The van der Waals surface area contributed by atoms with E-state index in [2.05, 4.69) is 147 Å². The van der Waals surface area contributed by atoms with E-state index in [1.807, 2.05) is 98.0 Å². The van der Waals surface area contributed by atoms with Crippen molar-refractivity contribution < 1.29 is 0 Å². The minimum absolute atomic E-state index is 0.0192. The molecule has 0 amide bonds. The zero-order chi connectivity index (χ0) is 42.8. The zero-order valence-electron chi connectivity index (χ0n) is 35.3. The summed E-state index contributed by atoms with van der Waals surface area (Å²) in [5.74, 6) is 0. The number of nitrogens with zero attached hydrogens (tertiary/aromatic N) is 1. The first-order valence-electron chi connectivity index (χ1n) is 20.6. The third-order valence-electron chi connectivity index (χ3n) is 11.3. The Morgan fingerprint density at radius 3 is 1.80 bits per heavy atom. The van der Waals surface area contributed by atoms with Crippen molar-refractivity contribution in [3.05, 3.63) is 246 Å². The highest BCUT2D eigenvalue weighted by Gasteiger charge is 2.35. The number of allylic oxidation sites excluding steroid dienone is 4. The predicted molar refractivity (Wildman–Crippen MR) is 263 cm³/mol. The fourth-order valence-corrected chi connectivity index (χ4v) is 8.02. The van der Waals surface area contributed by atoms with Gasteiger partial charge in [-0.05, 0) is 86.7 Å². The van der Waals surface area contributed by atoms with Gasteiger partial charge in [0.2, 0.25) is 0 Å². The molecule has 8 aromatic carbocycles. The minimum Gasteiger partial charge on any atom is -0.399 e. The molecule has 1 aliphatic carbocycles. The van der Waals surface area contributed by atoms with Crippen LogP contribution in [0.5, 0.6) is 0 Å². The molecule has 0 aromatic heterocycles. The second kappa shape index (κ2) is 19.0. The smallest absolute Gasteiger partial charge is 0.0705 e. The van der Waals surface area contributed by atoms with Gasteiger partial charge in [-0.3, -0.25) is 10.4 Å². The maximum atomic E-state index is 8.85. The lowest BCUT2D eigenvalue weighted by molar-refractivity contribution is 0.660. The van der Waals surface area contributed by atoms with E-state index in [9.17, 15) is 0 Å². The maximum Gasteiger partial charge on any atom is 0.0705 e. The molecule has 0 atom stereocenters. The fourth-order valence-electron chi connectivity index (χ4n) is 8.02. The first-order valence-corrected chi connectivity index (χ1v) is 20.6. The largest absolute Gasteiger partial charge is 0.399 e. The standard InChI is InChI=1S/C26H22N2.C25H23N.C6H7N/c1-26(2)22-10-6-5-9-19(22)21-15-17(12-14-23(21)26)24(27)20-13-11-16-7-3-4-8-18(16)25(20)28;1-3-20(18-19-25(26-2)22-14-8-5-9-15-22)23-16-10-11-17-24(23)21-12-6-4-7-13-21;7-6-4-2-1-3-5-6/h3-15,27H,28H2,1-2H3;3-19H,1-2H3;1-5H,7H2/b;19-18-,20-3+,26-25?;. The second-order valence-corrected chi connectivity index (χ2v) is 15.4. The van der Waals surface area contributed by atoms with Crippen molar-refractivity contribution in [2.24, 2.45) is 4.99 Å². The SMILES string of the molecule is C/C=C(\C=C/C(=NC)c1ccccc1)c1ccccc1-c1ccccc1.CC1(C)c2ccccc2-c2cc(C(=N)c3ccc4ccccc4c3N)ccc21.Nc1ccccc1. The summed E-state index contributed by atoms with van der Waals surface area (Å²) in [6, 6.07) is 65.8. The van der Waals surface area contributed by atoms with E-state index >= 15 is 0 Å². The molecule has 0 fully saturated rings. The summed E-state index contributed by atoms with van der Waals surface area (Å²) in [7, 11) is 1.83. The molecule has 1 aliphatic rings. The van der Waals surface area contributed by atoms with Crippen LogP contribution in [0.4, 0.5) is 11.4 Å². The second-order valence-electron chi connectivity index (χ2n) is 15.4. The van der Waals surface area contributed by atoms with E-state index in [-0.39, 0.29) is 5.41 Å². The quantitative estimate of drug-likeness (QED) is 0.0852. The number of para-hydroxylation sites is 1. The normalized spacial score (nSPS) is 12.7. The molecule has 61 heavy (non-hydrogen) atoms. The van der Waals surface area contributed by atoms with Gasteiger partial charge in [0.15, 0.2) is 0 Å². The number of aliphatic imine (C=N–C) groups is 1. The van der Waals surface area contributed by atoms with Gasteiger partial charge in [-0.2, -0.15) is 0 Å². The van der Waals surface area contributed by atoms with Crippen molar-refractivity contribution in [2.75, 3.05) is 18.5 Å². The number of anilines is 2. The lowest BCUT2D eigenvalue weighted by atomic mass is 9.82. The van der Waals surface area contributed by atoms with Crippen molar-refractivity contribution in [3.63, 3.8) is 0 Å². The average molecular weight is 793 g/mol. The summed E-state index contributed by atoms with van der Waals surface area (Å²) >= 11 is 0. The average Bonchev–Trinajstić information content (AvgIpc) is 3.54. The molecule has 0 spiro atoms. The molecule has 8 aromatic rings. The molecule has 0 bridgehead atoms. The Morgan fingerprint density at radius 2 is 1.13 bits per heavy atom. The van der Waals surface area contributed by atoms with Crippen molar-refractivity contribution in [1.82, 2.24) is 0 Å². The van der Waals surface area contributed by atoms with Crippen molar-refractivity contribution in [3.8, 4) is 22.3 Å². The van der Waals surface area contributed by atoms with Crippen LogP contribution < -0.4 is 11.5 Å². The highest BCUT2D eigenvalue weighted by atomic mass is 14.7. The minimum atomic E-state index is -0.0192. The van der Waals surface area contributed by atoms with Gasteiger partial charge in [0.05, 0.1) is 11.4 Å². The molecular weight excluding hydrogens is 741 g/mol. The van der Waals surface area contributed by atoms with Gasteiger partial charge in [0.1, 0.15) is 0 Å². The molecule has 300 valence electrons. The van der Waals surface area contributed by atoms with Crippen LogP contribution in [0.1, 0.15) is 54.2 Å². The Bertz CT molecular complexity index is 2870. The number of nitrogens with two attached hydrogens (primary N) is 2. The molecule has 0 saturated carbocycles. The molecule has 0 saturated heterocycles. The predicted octanol–water partition coefficient (Wildman–Crippen LogP) is 13.8. The summed E-state index contributed by atoms with van der Waals surface area (Å²) in [4.78, 5) is 4.44. The monoisotopic (exact) mass is 792 g/mol. The van der Waals surface area contributed by atoms with Gasteiger partial charge < -0.3 is 11.5 Å². The van der Waals surface area contributed by atoms with Crippen LogP contribution >= 0.6 is 0 Å². The van der Waals surface area contributed by atoms with E-state index in [0.29, 0.717) is 11.4 Å². The van der Waals surface area contributed by atoms with Crippen LogP contribution in [-0.4, -0.2) is 18.5 Å². The molecule has 0 heterocycles. The molecule has 9 rings (SSSR count). The van der Waals surface area contributed by atoms with Crippen LogP contribution in [0.15, 0.2) is 217 Å². The number of benzene rings is 8. The van der Waals surface area contributed by atoms with Crippen LogP contribution in [0, 0.1) is 5.41 Å². The topological polar surface area (TPSA) is 88.2 Å². The summed E-state index contributed by atoms with van der Waals surface area (Å²) in [6.45, 7) is 6.61. The zero-order valence-corrected chi connectivity index (χ0v) is 35.3. The van der Waals surface area contributed by atoms with E-state index in [4.69, 9.17) is 16.9 Å². The number of hydrogen-bond acceptors (Lipinski definition) is 4. The van der Waals surface area contributed by atoms with Gasteiger partial charge in [-0.15, -0.1) is 0 Å². The summed E-state index contributed by atoms with van der Waals surface area (Å²) in [5.41, 5.74) is 27.5. The highest BCUT2D eigenvalue weighted by Crippen LogP contribution is 2.48. The number of rotatable bonds is 7. The van der Waals surface area contributed by atoms with E-state index in [0.717, 1.165) is 38.9 Å². The Balaban J connectivity index is 0.000000159. The number of hydrogen-bond donors (Lipinski definition) is 3. The fraction of sp³-hybridized carbons (Fsp3) is 0.0877. The van der Waals surface area contributed by atoms with Crippen LogP contribution in [0.3, 0.4) is 0 Å². The van der Waals surface area contributed by atoms with Crippen LogP contribution in [-0.2, 0) is 5.41 Å². The molecule has 0 unspecified atom stereocenters. The van der Waals surface area contributed by atoms with Gasteiger partial charge in [0.25, 0.3) is 0 Å². The third-order valence-corrected chi connectivity index (χ3v) is 11.3. The Labute approximate surface area is 360 Å². The van der Waals surface area contributed by atoms with Crippen molar-refractivity contribution in [1.29, 1.82) is 5.41 Å². The molecular formula is C57H52N4. The van der Waals surface area contributed by atoms with Gasteiger partial charge >= 0.3 is 0 Å². The molecule has 0 aliphatic heterocycles. The Kier molecular flexibility index (Phi) is 13.0. The number of nitrogen functional groups attached to an aromatic ring is 2. The first-order chi connectivity index (χ1) is 29.7. The van der Waals surface area contributed by atoms with Gasteiger partial charge in [-0.1, -0.05) is 202 Å². The molecule has 4 heteroatoms. The summed E-state index contributed by atoms with van der Waals surface area (Å²) in [5, 5.41) is 10.9. The van der Waals surface area contributed by atoms with Crippen LogP contribution in [0.25, 0.3) is 38.6 Å². The molecule has 5 N–H and O–H groups in total. The third kappa shape index (κ3) is 9.20. The van der Waals surface area contributed by atoms with E-state index in [1.54, 1.807) is 0 Å². The number of fused-ring (bicyclic) bond motifs is 4. The number of nitrogens with one attached hydrogen (secondary N) is 1. The highest BCUT2D eigenvalue weighted by molar-refractivity contribution is 6.18. The summed E-state index contributed by atoms with van der Waals surface area (Å²) in [6.07, 6.45) is 6.39. The lowest BCUT2D eigenvalue weighted by Gasteiger charge is -2.21. The maximum absolute atomic E-state index is 8.85. The molecule has 4 nitrogen and oxygen atoms in total. The van der Waals surface area contributed by atoms with Gasteiger partial charge in [-0.25, -0.2) is 0 Å².